The number of amides is 1. The van der Waals surface area contributed by atoms with Crippen LogP contribution in [0.15, 0.2) is 23.6 Å². The predicted octanol–water partition coefficient (Wildman–Crippen LogP) is 1.58. The molecule has 21 heavy (non-hydrogen) atoms. The molecule has 0 aliphatic carbocycles. The minimum atomic E-state index is 0.0478. The van der Waals surface area contributed by atoms with Gasteiger partial charge in [0.25, 0.3) is 0 Å². The third kappa shape index (κ3) is 4.56. The number of thioether (sulfide) groups is 1. The molecule has 0 bridgehead atoms. The molecule has 2 heterocycles. The molecule has 0 aromatic carbocycles. The lowest BCUT2D eigenvalue weighted by Gasteiger charge is -2.15. The van der Waals surface area contributed by atoms with E-state index in [1.165, 1.54) is 11.8 Å². The fourth-order valence-corrected chi connectivity index (χ4v) is 2.80. The molecule has 112 valence electrons. The second-order valence-electron chi connectivity index (χ2n) is 4.99. The first-order chi connectivity index (χ1) is 9.94. The summed E-state index contributed by atoms with van der Waals surface area (Å²) in [6, 6.07) is 1.92. The molecule has 2 aromatic rings. The van der Waals surface area contributed by atoms with E-state index >= 15 is 0 Å². The summed E-state index contributed by atoms with van der Waals surface area (Å²) in [5, 5.41) is 4.74. The fraction of sp³-hybridized carbons (Fsp3) is 0.429. The molecule has 1 amide bonds. The Hall–Kier alpha value is -1.89. The first-order valence-corrected chi connectivity index (χ1v) is 7.59. The van der Waals surface area contributed by atoms with Gasteiger partial charge in [-0.1, -0.05) is 11.8 Å². The van der Waals surface area contributed by atoms with Gasteiger partial charge in [0.05, 0.1) is 11.9 Å². The lowest BCUT2D eigenvalue weighted by Crippen LogP contribution is -2.27. The van der Waals surface area contributed by atoms with Gasteiger partial charge in [-0.25, -0.2) is 9.97 Å². The van der Waals surface area contributed by atoms with Crippen molar-refractivity contribution < 1.29 is 4.79 Å². The number of rotatable bonds is 5. The number of hydrogen-bond donors (Lipinski definition) is 0. The largest absolute Gasteiger partial charge is 0.341 e. The molecule has 0 saturated carbocycles. The number of aryl methyl sites for hydroxylation is 3. The second kappa shape index (κ2) is 6.71. The van der Waals surface area contributed by atoms with Gasteiger partial charge in [0.1, 0.15) is 0 Å². The second-order valence-corrected chi connectivity index (χ2v) is 5.94. The van der Waals surface area contributed by atoms with Gasteiger partial charge in [-0.2, -0.15) is 5.10 Å². The minimum Gasteiger partial charge on any atom is -0.341 e. The van der Waals surface area contributed by atoms with Crippen molar-refractivity contribution in [3.05, 3.63) is 35.4 Å². The Morgan fingerprint density at radius 2 is 2.00 bits per heavy atom. The monoisotopic (exact) mass is 305 g/mol. The lowest BCUT2D eigenvalue weighted by atomic mass is 10.3. The normalized spacial score (nSPS) is 10.7. The quantitative estimate of drug-likeness (QED) is 0.620. The van der Waals surface area contributed by atoms with Gasteiger partial charge in [0, 0.05) is 43.8 Å². The Kier molecular flexibility index (Phi) is 4.95. The van der Waals surface area contributed by atoms with Gasteiger partial charge >= 0.3 is 0 Å². The van der Waals surface area contributed by atoms with Crippen LogP contribution in [0.5, 0.6) is 0 Å². The molecule has 2 rings (SSSR count). The van der Waals surface area contributed by atoms with E-state index in [1.807, 2.05) is 33.2 Å². The van der Waals surface area contributed by atoms with Crippen LogP contribution in [0.3, 0.4) is 0 Å². The summed E-state index contributed by atoms with van der Waals surface area (Å²) >= 11 is 1.37. The van der Waals surface area contributed by atoms with Crippen molar-refractivity contribution in [1.82, 2.24) is 24.6 Å². The molecule has 0 atom stereocenters. The third-order valence-corrected chi connectivity index (χ3v) is 3.72. The summed E-state index contributed by atoms with van der Waals surface area (Å²) < 4.78 is 1.73. The molecule has 0 fully saturated rings. The first-order valence-electron chi connectivity index (χ1n) is 6.60. The molecule has 6 nitrogen and oxygen atoms in total. The van der Waals surface area contributed by atoms with Crippen molar-refractivity contribution in [1.29, 1.82) is 0 Å². The number of hydrogen-bond acceptors (Lipinski definition) is 5. The van der Waals surface area contributed by atoms with Crippen LogP contribution >= 0.6 is 11.8 Å². The molecular formula is C14H19N5OS. The maximum Gasteiger partial charge on any atom is 0.233 e. The maximum absolute atomic E-state index is 12.1. The third-order valence-electron chi connectivity index (χ3n) is 2.89. The Morgan fingerprint density at radius 3 is 2.57 bits per heavy atom. The number of carbonyl (C=O) groups is 1. The van der Waals surface area contributed by atoms with E-state index in [0.717, 1.165) is 17.0 Å². The summed E-state index contributed by atoms with van der Waals surface area (Å²) in [6.45, 7) is 4.41. The molecule has 2 aromatic heterocycles. The minimum absolute atomic E-state index is 0.0478. The zero-order chi connectivity index (χ0) is 15.4. The van der Waals surface area contributed by atoms with Gasteiger partial charge in [-0.05, 0) is 19.9 Å². The highest BCUT2D eigenvalue weighted by atomic mass is 32.2. The highest BCUT2D eigenvalue weighted by Gasteiger charge is 2.12. The summed E-state index contributed by atoms with van der Waals surface area (Å²) in [5.41, 5.74) is 2.85. The fourth-order valence-electron chi connectivity index (χ4n) is 1.91. The topological polar surface area (TPSA) is 63.9 Å². The maximum atomic E-state index is 12.1. The van der Waals surface area contributed by atoms with Crippen LogP contribution in [0.2, 0.25) is 0 Å². The summed E-state index contributed by atoms with van der Waals surface area (Å²) in [5.74, 6) is 0.381. The molecule has 0 N–H and O–H groups in total. The zero-order valence-corrected chi connectivity index (χ0v) is 13.5. The van der Waals surface area contributed by atoms with Crippen LogP contribution in [0.1, 0.15) is 17.0 Å². The summed E-state index contributed by atoms with van der Waals surface area (Å²) in [4.78, 5) is 22.4. The lowest BCUT2D eigenvalue weighted by molar-refractivity contribution is -0.127. The SMILES string of the molecule is Cc1cc(C)nc(SCC(=O)N(C)Cc2cnn(C)c2)n1. The van der Waals surface area contributed by atoms with Gasteiger partial charge in [0.15, 0.2) is 5.16 Å². The zero-order valence-electron chi connectivity index (χ0n) is 12.7. The van der Waals surface area contributed by atoms with Gasteiger partial charge in [0.2, 0.25) is 5.91 Å². The van der Waals surface area contributed by atoms with Crippen LogP contribution in [0.25, 0.3) is 0 Å². The van der Waals surface area contributed by atoms with Crippen molar-refractivity contribution >= 4 is 17.7 Å². The van der Waals surface area contributed by atoms with Crippen molar-refractivity contribution in [2.45, 2.75) is 25.5 Å². The van der Waals surface area contributed by atoms with E-state index in [4.69, 9.17) is 0 Å². The first kappa shape index (κ1) is 15.5. The Morgan fingerprint density at radius 1 is 1.33 bits per heavy atom. The smallest absolute Gasteiger partial charge is 0.233 e. The molecular weight excluding hydrogens is 286 g/mol. The molecule has 0 saturated heterocycles. The van der Waals surface area contributed by atoms with Crippen molar-refractivity contribution in [3.63, 3.8) is 0 Å². The average molecular weight is 305 g/mol. The van der Waals surface area contributed by atoms with Crippen LogP contribution < -0.4 is 0 Å². The molecule has 0 unspecified atom stereocenters. The van der Waals surface area contributed by atoms with E-state index in [9.17, 15) is 4.79 Å². The van der Waals surface area contributed by atoms with Crippen LogP contribution in [0.4, 0.5) is 0 Å². The number of nitrogens with zero attached hydrogens (tertiary/aromatic N) is 5. The highest BCUT2D eigenvalue weighted by molar-refractivity contribution is 7.99. The van der Waals surface area contributed by atoms with E-state index in [-0.39, 0.29) is 5.91 Å². The summed E-state index contributed by atoms with van der Waals surface area (Å²) in [6.07, 6.45) is 3.67. The van der Waals surface area contributed by atoms with Gasteiger partial charge in [-0.3, -0.25) is 9.48 Å². The number of aromatic nitrogens is 4. The Bertz CT molecular complexity index is 620. The van der Waals surface area contributed by atoms with E-state index in [1.54, 1.807) is 22.8 Å². The number of carbonyl (C=O) groups excluding carboxylic acids is 1. The predicted molar refractivity (Wildman–Crippen MR) is 81.9 cm³/mol. The highest BCUT2D eigenvalue weighted by Crippen LogP contribution is 2.15. The standard InChI is InChI=1S/C14H19N5OS/c1-10-5-11(2)17-14(16-10)21-9-13(20)18(3)7-12-6-15-19(4)8-12/h5-6,8H,7,9H2,1-4H3. The molecule has 0 aliphatic heterocycles. The molecule has 0 radical (unpaired) electrons. The van der Waals surface area contributed by atoms with E-state index < -0.39 is 0 Å². The van der Waals surface area contributed by atoms with Crippen molar-refractivity contribution in [2.75, 3.05) is 12.8 Å². The van der Waals surface area contributed by atoms with Crippen molar-refractivity contribution in [3.8, 4) is 0 Å². The van der Waals surface area contributed by atoms with Crippen LogP contribution in [-0.2, 0) is 18.4 Å². The van der Waals surface area contributed by atoms with Crippen LogP contribution in [0, 0.1) is 13.8 Å². The van der Waals surface area contributed by atoms with Crippen LogP contribution in [-0.4, -0.2) is 43.4 Å². The molecule has 0 aliphatic rings. The molecule has 7 heteroatoms. The van der Waals surface area contributed by atoms with Gasteiger partial charge in [-0.15, -0.1) is 0 Å². The van der Waals surface area contributed by atoms with E-state index in [2.05, 4.69) is 15.1 Å². The van der Waals surface area contributed by atoms with Gasteiger partial charge < -0.3 is 4.90 Å². The Labute approximate surface area is 128 Å². The molecule has 0 spiro atoms. The summed E-state index contributed by atoms with van der Waals surface area (Å²) in [7, 11) is 3.65. The van der Waals surface area contributed by atoms with Crippen molar-refractivity contribution in [2.24, 2.45) is 7.05 Å². The Balaban J connectivity index is 1.88. The average Bonchev–Trinajstić information content (AvgIpc) is 2.80. The van der Waals surface area contributed by atoms with E-state index in [0.29, 0.717) is 17.5 Å².